The molecule has 0 aromatic heterocycles. The van der Waals surface area contributed by atoms with E-state index in [0.717, 1.165) is 63.2 Å². The van der Waals surface area contributed by atoms with E-state index in [1.54, 1.807) is 6.92 Å². The van der Waals surface area contributed by atoms with Gasteiger partial charge in [-0.25, -0.2) is 4.79 Å². The van der Waals surface area contributed by atoms with E-state index in [1.807, 2.05) is 13.8 Å². The van der Waals surface area contributed by atoms with Crippen LogP contribution in [0.5, 0.6) is 0 Å². The van der Waals surface area contributed by atoms with Gasteiger partial charge >= 0.3 is 11.9 Å². The molecule has 2 aliphatic carbocycles. The van der Waals surface area contributed by atoms with Crippen molar-refractivity contribution in [2.75, 3.05) is 0 Å². The molecule has 0 radical (unpaired) electrons. The summed E-state index contributed by atoms with van der Waals surface area (Å²) in [6.45, 7) is 9.09. The number of esters is 2. The second-order valence-electron chi connectivity index (χ2n) is 7.85. The lowest BCUT2D eigenvalue weighted by atomic mass is 9.72. The highest BCUT2D eigenvalue weighted by Crippen LogP contribution is 2.39. The Hall–Kier alpha value is -1.32. The van der Waals surface area contributed by atoms with E-state index < -0.39 is 0 Å². The number of hydrogen-bond acceptors (Lipinski definition) is 4. The fourth-order valence-electron chi connectivity index (χ4n) is 3.91. The minimum atomic E-state index is -0.258. The van der Waals surface area contributed by atoms with Crippen LogP contribution >= 0.6 is 0 Å². The lowest BCUT2D eigenvalue weighted by Gasteiger charge is -2.37. The first kappa shape index (κ1) is 19.0. The normalized spacial score (nSPS) is 30.7. The fourth-order valence-corrected chi connectivity index (χ4v) is 3.91. The maximum atomic E-state index is 11.7. The predicted octanol–water partition coefficient (Wildman–Crippen LogP) is 4.42. The van der Waals surface area contributed by atoms with E-state index in [4.69, 9.17) is 9.47 Å². The van der Waals surface area contributed by atoms with E-state index >= 15 is 0 Å². The average Bonchev–Trinajstić information content (AvgIpc) is 2.56. The minimum absolute atomic E-state index is 0.0417. The first-order valence-electron chi connectivity index (χ1n) is 9.43. The lowest BCUT2D eigenvalue weighted by Crippen LogP contribution is -2.32. The summed E-state index contributed by atoms with van der Waals surface area (Å²) in [5.74, 6) is 1.09. The quantitative estimate of drug-likeness (QED) is 0.551. The van der Waals surface area contributed by atoms with Crippen LogP contribution in [0.2, 0.25) is 0 Å². The van der Waals surface area contributed by atoms with E-state index in [2.05, 4.69) is 6.58 Å². The van der Waals surface area contributed by atoms with E-state index in [0.29, 0.717) is 5.57 Å². The zero-order valence-electron chi connectivity index (χ0n) is 15.4. The third-order valence-electron chi connectivity index (χ3n) is 5.48. The topological polar surface area (TPSA) is 52.6 Å². The summed E-state index contributed by atoms with van der Waals surface area (Å²) in [4.78, 5) is 23.3. The number of carbonyl (C=O) groups excluding carboxylic acids is 2. The number of ether oxygens (including phenoxy) is 2. The van der Waals surface area contributed by atoms with Crippen molar-refractivity contribution in [1.29, 1.82) is 0 Å². The second-order valence-corrected chi connectivity index (χ2v) is 7.85. The van der Waals surface area contributed by atoms with Crippen molar-refractivity contribution in [3.63, 3.8) is 0 Å². The molecule has 0 aromatic carbocycles. The van der Waals surface area contributed by atoms with Crippen LogP contribution < -0.4 is 0 Å². The van der Waals surface area contributed by atoms with Crippen molar-refractivity contribution in [3.05, 3.63) is 12.2 Å². The molecule has 4 heteroatoms. The molecule has 4 nitrogen and oxygen atoms in total. The van der Waals surface area contributed by atoms with Gasteiger partial charge in [0.1, 0.15) is 12.2 Å². The molecule has 24 heavy (non-hydrogen) atoms. The molecule has 0 bridgehead atoms. The summed E-state index contributed by atoms with van der Waals surface area (Å²) >= 11 is 0. The zero-order chi connectivity index (χ0) is 17.7. The van der Waals surface area contributed by atoms with Gasteiger partial charge in [0.2, 0.25) is 0 Å². The van der Waals surface area contributed by atoms with Gasteiger partial charge in [-0.15, -0.1) is 0 Å². The molecule has 0 unspecified atom stereocenters. The van der Waals surface area contributed by atoms with E-state index in [9.17, 15) is 9.59 Å². The first-order valence-corrected chi connectivity index (χ1v) is 9.43. The Labute approximate surface area is 146 Å². The van der Waals surface area contributed by atoms with Gasteiger partial charge in [0.15, 0.2) is 0 Å². The van der Waals surface area contributed by atoms with Crippen LogP contribution in [-0.4, -0.2) is 24.1 Å². The Morgan fingerprint density at radius 2 is 1.25 bits per heavy atom. The molecule has 136 valence electrons. The van der Waals surface area contributed by atoms with Gasteiger partial charge in [0, 0.05) is 5.57 Å². The zero-order valence-corrected chi connectivity index (χ0v) is 15.4. The Balaban J connectivity index is 1.70. The van der Waals surface area contributed by atoms with Crippen molar-refractivity contribution in [3.8, 4) is 0 Å². The molecule has 2 saturated carbocycles. The summed E-state index contributed by atoms with van der Waals surface area (Å²) in [6, 6.07) is 0. The Morgan fingerprint density at radius 1 is 0.833 bits per heavy atom. The Kier molecular flexibility index (Phi) is 6.88. The van der Waals surface area contributed by atoms with Crippen molar-refractivity contribution in [2.45, 2.75) is 84.3 Å². The second kappa shape index (κ2) is 8.68. The molecule has 0 aliphatic heterocycles. The van der Waals surface area contributed by atoms with Crippen molar-refractivity contribution < 1.29 is 19.1 Å². The third kappa shape index (κ3) is 5.35. The monoisotopic (exact) mass is 336 g/mol. The van der Waals surface area contributed by atoms with Crippen LogP contribution in [0.15, 0.2) is 12.2 Å². The summed E-state index contributed by atoms with van der Waals surface area (Å²) in [5, 5.41) is 0. The highest BCUT2D eigenvalue weighted by Gasteiger charge is 2.33. The first-order chi connectivity index (χ1) is 11.4. The van der Waals surface area contributed by atoms with Gasteiger partial charge in [0.05, 0.1) is 5.92 Å². The number of rotatable bonds is 5. The van der Waals surface area contributed by atoms with Gasteiger partial charge in [0.25, 0.3) is 0 Å². The average molecular weight is 336 g/mol. The lowest BCUT2D eigenvalue weighted by molar-refractivity contribution is -0.155. The molecule has 2 fully saturated rings. The SMILES string of the molecule is C=C(C)C(=O)OC1CCC(C2CCC(OC(=O)C(C)C)CC2)CC1. The van der Waals surface area contributed by atoms with E-state index in [1.165, 1.54) is 0 Å². The highest BCUT2D eigenvalue weighted by atomic mass is 16.5. The van der Waals surface area contributed by atoms with Crippen LogP contribution in [0.3, 0.4) is 0 Å². The maximum Gasteiger partial charge on any atom is 0.333 e. The minimum Gasteiger partial charge on any atom is -0.462 e. The van der Waals surface area contributed by atoms with Gasteiger partial charge in [-0.1, -0.05) is 20.4 Å². The van der Waals surface area contributed by atoms with Crippen molar-refractivity contribution >= 4 is 11.9 Å². The molecule has 0 saturated heterocycles. The molecule has 0 atom stereocenters. The summed E-state index contributed by atoms with van der Waals surface area (Å²) < 4.78 is 11.0. The van der Waals surface area contributed by atoms with E-state index in [-0.39, 0.29) is 30.1 Å². The molecular formula is C20H32O4. The molecule has 0 heterocycles. The van der Waals surface area contributed by atoms with Crippen LogP contribution in [0.25, 0.3) is 0 Å². The van der Waals surface area contributed by atoms with Crippen LogP contribution in [0.4, 0.5) is 0 Å². The van der Waals surface area contributed by atoms with Gasteiger partial charge in [-0.2, -0.15) is 0 Å². The Bertz CT molecular complexity index is 452. The van der Waals surface area contributed by atoms with Gasteiger partial charge < -0.3 is 9.47 Å². The molecule has 2 rings (SSSR count). The molecule has 0 N–H and O–H groups in total. The third-order valence-corrected chi connectivity index (χ3v) is 5.48. The standard InChI is InChI=1S/C20H32O4/c1-13(2)19(21)23-17-9-5-15(6-10-17)16-7-11-18(12-8-16)24-20(22)14(3)4/h14-18H,1,5-12H2,2-4H3. The molecule has 2 aliphatic rings. The summed E-state index contributed by atoms with van der Waals surface area (Å²) in [5.41, 5.74) is 0.478. The predicted molar refractivity (Wildman–Crippen MR) is 93.3 cm³/mol. The molecule has 0 aromatic rings. The maximum absolute atomic E-state index is 11.7. The van der Waals surface area contributed by atoms with Gasteiger partial charge in [-0.3, -0.25) is 4.79 Å². The highest BCUT2D eigenvalue weighted by molar-refractivity contribution is 5.87. The smallest absolute Gasteiger partial charge is 0.333 e. The molecular weight excluding hydrogens is 304 g/mol. The largest absolute Gasteiger partial charge is 0.462 e. The Morgan fingerprint density at radius 3 is 1.62 bits per heavy atom. The number of hydrogen-bond donors (Lipinski definition) is 0. The molecule has 0 spiro atoms. The molecule has 0 amide bonds. The van der Waals surface area contributed by atoms with Crippen LogP contribution in [0.1, 0.15) is 72.1 Å². The number of carbonyl (C=O) groups is 2. The van der Waals surface area contributed by atoms with Crippen molar-refractivity contribution in [2.24, 2.45) is 17.8 Å². The van der Waals surface area contributed by atoms with Crippen LogP contribution in [0, 0.1) is 17.8 Å². The van der Waals surface area contributed by atoms with Crippen molar-refractivity contribution in [1.82, 2.24) is 0 Å². The van der Waals surface area contributed by atoms with Gasteiger partial charge in [-0.05, 0) is 70.1 Å². The summed E-state index contributed by atoms with van der Waals surface area (Å²) in [6.07, 6.45) is 8.66. The summed E-state index contributed by atoms with van der Waals surface area (Å²) in [7, 11) is 0. The fraction of sp³-hybridized carbons (Fsp3) is 0.800. The van der Waals surface area contributed by atoms with Crippen LogP contribution in [-0.2, 0) is 19.1 Å².